The number of rotatable bonds is 4. The fraction of sp³-hybridized carbons (Fsp3) is 0.600. The van der Waals surface area contributed by atoms with Crippen LogP contribution in [0.3, 0.4) is 0 Å². The molecular weight excluding hydrogens is 292 g/mol. The second-order valence-electron chi connectivity index (χ2n) is 5.03. The Kier molecular flexibility index (Phi) is 8.51. The first-order valence-corrected chi connectivity index (χ1v) is 7.14. The lowest BCUT2D eigenvalue weighted by Crippen LogP contribution is -2.58. The standard InChI is InChI=1S/C9H12O.C6H12O6/c10-8-4-7-9-5-2-1-3-6-9;7-1-2-3(8)4(9)5(10)6(11)12-2/h1-3,5-6,10H,4,7-8H2;2-11H,1H2/t;2-,3-,4+,5-,6?/m.1/s1. The Morgan fingerprint density at radius 3 is 2.05 bits per heavy atom. The molecule has 6 N–H and O–H groups in total. The van der Waals surface area contributed by atoms with Gasteiger partial charge in [0.2, 0.25) is 0 Å². The zero-order chi connectivity index (χ0) is 16.5. The monoisotopic (exact) mass is 316 g/mol. The quantitative estimate of drug-likeness (QED) is 0.394. The highest BCUT2D eigenvalue weighted by Gasteiger charge is 2.42. The minimum absolute atomic E-state index is 0.287. The molecule has 1 heterocycles. The lowest BCUT2D eigenvalue weighted by molar-refractivity contribution is -0.286. The van der Waals surface area contributed by atoms with E-state index >= 15 is 0 Å². The second-order valence-corrected chi connectivity index (χ2v) is 5.03. The molecule has 126 valence electrons. The first-order valence-electron chi connectivity index (χ1n) is 7.14. The third-order valence-corrected chi connectivity index (χ3v) is 3.33. The zero-order valence-electron chi connectivity index (χ0n) is 12.2. The molecule has 7 heteroatoms. The average Bonchev–Trinajstić information content (AvgIpc) is 2.56. The summed E-state index contributed by atoms with van der Waals surface area (Å²) in [5.41, 5.74) is 1.30. The molecule has 0 spiro atoms. The first-order chi connectivity index (χ1) is 10.5. The molecule has 7 nitrogen and oxygen atoms in total. The molecular formula is C15H24O7. The van der Waals surface area contributed by atoms with Crippen molar-refractivity contribution in [1.82, 2.24) is 0 Å². The van der Waals surface area contributed by atoms with Crippen LogP contribution in [0.15, 0.2) is 30.3 Å². The molecule has 1 aliphatic heterocycles. The largest absolute Gasteiger partial charge is 0.396 e. The van der Waals surface area contributed by atoms with Gasteiger partial charge in [-0.05, 0) is 18.4 Å². The topological polar surface area (TPSA) is 131 Å². The van der Waals surface area contributed by atoms with Crippen LogP contribution in [-0.4, -0.2) is 74.6 Å². The molecule has 1 aromatic carbocycles. The maximum absolute atomic E-state index is 9.12. The lowest BCUT2D eigenvalue weighted by Gasteiger charge is -2.37. The van der Waals surface area contributed by atoms with Gasteiger partial charge in [-0.25, -0.2) is 0 Å². The molecule has 0 aromatic heterocycles. The van der Waals surface area contributed by atoms with Crippen molar-refractivity contribution in [3.8, 4) is 0 Å². The number of ether oxygens (including phenoxy) is 1. The summed E-state index contributed by atoms with van der Waals surface area (Å²) in [5.74, 6) is 0. The Morgan fingerprint density at radius 2 is 1.50 bits per heavy atom. The van der Waals surface area contributed by atoms with Gasteiger partial charge in [0, 0.05) is 6.61 Å². The molecule has 1 aliphatic rings. The van der Waals surface area contributed by atoms with Crippen molar-refractivity contribution in [3.63, 3.8) is 0 Å². The molecule has 0 radical (unpaired) electrons. The summed E-state index contributed by atoms with van der Waals surface area (Å²) in [6.07, 6.45) is -5.19. The molecule has 2 rings (SSSR count). The van der Waals surface area contributed by atoms with E-state index in [0.717, 1.165) is 12.8 Å². The van der Waals surface area contributed by atoms with Gasteiger partial charge in [0.1, 0.15) is 24.4 Å². The summed E-state index contributed by atoms with van der Waals surface area (Å²) >= 11 is 0. The molecule has 0 aliphatic carbocycles. The molecule has 0 bridgehead atoms. The SMILES string of the molecule is OCCCc1ccccc1.OC[C@H]1OC(O)[C@H](O)[C@@H](O)[C@@H]1O. The van der Waals surface area contributed by atoms with Gasteiger partial charge >= 0.3 is 0 Å². The lowest BCUT2D eigenvalue weighted by atomic mass is 10.00. The highest BCUT2D eigenvalue weighted by Crippen LogP contribution is 2.18. The predicted molar refractivity (Wildman–Crippen MR) is 77.8 cm³/mol. The second kappa shape index (κ2) is 9.86. The minimum Gasteiger partial charge on any atom is -0.396 e. The van der Waals surface area contributed by atoms with Crippen LogP contribution in [-0.2, 0) is 11.2 Å². The first kappa shape index (κ1) is 19.0. The molecule has 1 fully saturated rings. The summed E-state index contributed by atoms with van der Waals surface area (Å²) in [4.78, 5) is 0. The number of hydrogen-bond donors (Lipinski definition) is 6. The van der Waals surface area contributed by atoms with E-state index < -0.39 is 37.3 Å². The smallest absolute Gasteiger partial charge is 0.184 e. The molecule has 0 amide bonds. The fourth-order valence-corrected chi connectivity index (χ4v) is 2.01. The summed E-state index contributed by atoms with van der Waals surface area (Å²) < 4.78 is 4.58. The Balaban J connectivity index is 0.000000224. The van der Waals surface area contributed by atoms with Crippen LogP contribution in [0.4, 0.5) is 0 Å². The predicted octanol–water partition coefficient (Wildman–Crippen LogP) is -1.61. The Hall–Kier alpha value is -1.06. The van der Waals surface area contributed by atoms with Crippen LogP contribution in [0, 0.1) is 0 Å². The summed E-state index contributed by atoms with van der Waals surface area (Å²) in [6.45, 7) is -0.239. The van der Waals surface area contributed by atoms with Gasteiger partial charge < -0.3 is 35.4 Å². The van der Waals surface area contributed by atoms with Gasteiger partial charge in [0.05, 0.1) is 6.61 Å². The summed E-state index contributed by atoms with van der Waals surface area (Å²) in [7, 11) is 0. The molecule has 22 heavy (non-hydrogen) atoms. The fourth-order valence-electron chi connectivity index (χ4n) is 2.01. The molecule has 1 aromatic rings. The minimum atomic E-state index is -1.57. The molecule has 5 atom stereocenters. The van der Waals surface area contributed by atoms with Crippen molar-refractivity contribution in [1.29, 1.82) is 0 Å². The van der Waals surface area contributed by atoms with Gasteiger partial charge in [-0.1, -0.05) is 30.3 Å². The van der Waals surface area contributed by atoms with Crippen LogP contribution in [0.2, 0.25) is 0 Å². The van der Waals surface area contributed by atoms with E-state index in [1.165, 1.54) is 5.56 Å². The van der Waals surface area contributed by atoms with Gasteiger partial charge in [0.25, 0.3) is 0 Å². The highest BCUT2D eigenvalue weighted by atomic mass is 16.6. The number of benzene rings is 1. The Bertz CT molecular complexity index is 395. The highest BCUT2D eigenvalue weighted by molar-refractivity contribution is 5.14. The van der Waals surface area contributed by atoms with Gasteiger partial charge in [0.15, 0.2) is 6.29 Å². The Labute approximate surface area is 129 Å². The van der Waals surface area contributed by atoms with Crippen LogP contribution < -0.4 is 0 Å². The Morgan fingerprint density at radius 1 is 0.864 bits per heavy atom. The maximum atomic E-state index is 9.12. The van der Waals surface area contributed by atoms with Crippen LogP contribution in [0.25, 0.3) is 0 Å². The van der Waals surface area contributed by atoms with E-state index in [1.54, 1.807) is 0 Å². The van der Waals surface area contributed by atoms with Crippen molar-refractivity contribution < 1.29 is 35.4 Å². The normalized spacial score (nSPS) is 31.3. The van der Waals surface area contributed by atoms with E-state index in [1.807, 2.05) is 18.2 Å². The number of aliphatic hydroxyl groups is 6. The van der Waals surface area contributed by atoms with Crippen molar-refractivity contribution >= 4 is 0 Å². The van der Waals surface area contributed by atoms with E-state index in [-0.39, 0.29) is 6.61 Å². The molecule has 0 saturated carbocycles. The van der Waals surface area contributed by atoms with Crippen molar-refractivity contribution in [2.24, 2.45) is 0 Å². The summed E-state index contributed by atoms with van der Waals surface area (Å²) in [6, 6.07) is 10.2. The van der Waals surface area contributed by atoms with Crippen molar-refractivity contribution in [3.05, 3.63) is 35.9 Å². The van der Waals surface area contributed by atoms with Crippen LogP contribution in [0.5, 0.6) is 0 Å². The van der Waals surface area contributed by atoms with E-state index in [2.05, 4.69) is 16.9 Å². The van der Waals surface area contributed by atoms with Crippen molar-refractivity contribution in [2.45, 2.75) is 43.5 Å². The van der Waals surface area contributed by atoms with Crippen molar-refractivity contribution in [2.75, 3.05) is 13.2 Å². The number of hydrogen-bond acceptors (Lipinski definition) is 7. The van der Waals surface area contributed by atoms with Gasteiger partial charge in [-0.3, -0.25) is 0 Å². The average molecular weight is 316 g/mol. The third-order valence-electron chi connectivity index (χ3n) is 3.33. The van der Waals surface area contributed by atoms with Gasteiger partial charge in [-0.15, -0.1) is 0 Å². The zero-order valence-corrected chi connectivity index (χ0v) is 12.2. The van der Waals surface area contributed by atoms with E-state index in [0.29, 0.717) is 0 Å². The summed E-state index contributed by atoms with van der Waals surface area (Å²) in [5, 5.41) is 53.2. The van der Waals surface area contributed by atoms with Crippen LogP contribution >= 0.6 is 0 Å². The molecule has 1 saturated heterocycles. The molecule has 1 unspecified atom stereocenters. The van der Waals surface area contributed by atoms with Crippen LogP contribution in [0.1, 0.15) is 12.0 Å². The number of aryl methyl sites for hydroxylation is 1. The van der Waals surface area contributed by atoms with Gasteiger partial charge in [-0.2, -0.15) is 0 Å². The number of aliphatic hydroxyl groups excluding tert-OH is 6. The van der Waals surface area contributed by atoms with E-state index in [9.17, 15) is 0 Å². The maximum Gasteiger partial charge on any atom is 0.184 e. The van der Waals surface area contributed by atoms with E-state index in [4.69, 9.17) is 30.6 Å². The third kappa shape index (κ3) is 5.62.